The van der Waals surface area contributed by atoms with Crippen molar-refractivity contribution in [1.29, 1.82) is 0 Å². The van der Waals surface area contributed by atoms with E-state index in [0.29, 0.717) is 43.9 Å². The SMILES string of the molecule is CCCOc1ccc(C(N)=O)c(CCCS(=O)(=O)N(CC)CC)c1. The van der Waals surface area contributed by atoms with Gasteiger partial charge in [0.25, 0.3) is 0 Å². The van der Waals surface area contributed by atoms with Gasteiger partial charge >= 0.3 is 0 Å². The fourth-order valence-corrected chi connectivity index (χ4v) is 4.07. The summed E-state index contributed by atoms with van der Waals surface area (Å²) < 4.78 is 31.5. The van der Waals surface area contributed by atoms with Gasteiger partial charge in [0.1, 0.15) is 5.75 Å². The number of ether oxygens (including phenoxy) is 1. The molecular weight excluding hydrogens is 328 g/mol. The van der Waals surface area contributed by atoms with E-state index in [9.17, 15) is 13.2 Å². The molecule has 6 nitrogen and oxygen atoms in total. The van der Waals surface area contributed by atoms with Crippen molar-refractivity contribution in [2.75, 3.05) is 25.4 Å². The second-order valence-electron chi connectivity index (χ2n) is 5.54. The summed E-state index contributed by atoms with van der Waals surface area (Å²) in [4.78, 5) is 11.6. The molecule has 0 fully saturated rings. The molecule has 0 aliphatic carbocycles. The number of hydrogen-bond donors (Lipinski definition) is 1. The van der Waals surface area contributed by atoms with Crippen LogP contribution in [0.2, 0.25) is 0 Å². The van der Waals surface area contributed by atoms with Crippen LogP contribution in [0.4, 0.5) is 0 Å². The monoisotopic (exact) mass is 356 g/mol. The Hall–Kier alpha value is -1.60. The molecule has 0 aromatic heterocycles. The molecule has 0 saturated heterocycles. The molecule has 24 heavy (non-hydrogen) atoms. The van der Waals surface area contributed by atoms with E-state index in [1.807, 2.05) is 20.8 Å². The average Bonchev–Trinajstić information content (AvgIpc) is 2.53. The Balaban J connectivity index is 2.83. The highest BCUT2D eigenvalue weighted by molar-refractivity contribution is 7.89. The minimum atomic E-state index is -3.26. The van der Waals surface area contributed by atoms with Gasteiger partial charge in [-0.1, -0.05) is 20.8 Å². The topological polar surface area (TPSA) is 89.7 Å². The van der Waals surface area contributed by atoms with Crippen molar-refractivity contribution >= 4 is 15.9 Å². The lowest BCUT2D eigenvalue weighted by Gasteiger charge is -2.18. The number of sulfonamides is 1. The maximum Gasteiger partial charge on any atom is 0.248 e. The third-order valence-corrected chi connectivity index (χ3v) is 5.87. The van der Waals surface area contributed by atoms with Crippen molar-refractivity contribution in [3.63, 3.8) is 0 Å². The molecule has 1 amide bonds. The summed E-state index contributed by atoms with van der Waals surface area (Å²) in [7, 11) is -3.26. The van der Waals surface area contributed by atoms with Crippen LogP contribution >= 0.6 is 0 Å². The predicted molar refractivity (Wildman–Crippen MR) is 95.8 cm³/mol. The number of aryl methyl sites for hydroxylation is 1. The van der Waals surface area contributed by atoms with Gasteiger partial charge in [0.05, 0.1) is 12.4 Å². The number of hydrogen-bond acceptors (Lipinski definition) is 4. The van der Waals surface area contributed by atoms with E-state index in [4.69, 9.17) is 10.5 Å². The average molecular weight is 356 g/mol. The van der Waals surface area contributed by atoms with E-state index in [0.717, 1.165) is 12.0 Å². The summed E-state index contributed by atoms with van der Waals surface area (Å²) in [6.45, 7) is 7.17. The fraction of sp³-hybridized carbons (Fsp3) is 0.588. The van der Waals surface area contributed by atoms with Gasteiger partial charge in [-0.05, 0) is 43.0 Å². The van der Waals surface area contributed by atoms with Crippen LogP contribution in [0.3, 0.4) is 0 Å². The van der Waals surface area contributed by atoms with Crippen molar-refractivity contribution in [3.8, 4) is 5.75 Å². The summed E-state index contributed by atoms with van der Waals surface area (Å²) >= 11 is 0. The highest BCUT2D eigenvalue weighted by Crippen LogP contribution is 2.20. The maximum absolute atomic E-state index is 12.2. The van der Waals surface area contributed by atoms with E-state index in [-0.39, 0.29) is 5.75 Å². The van der Waals surface area contributed by atoms with Gasteiger partial charge in [0.15, 0.2) is 0 Å². The Kier molecular flexibility index (Phi) is 8.21. The van der Waals surface area contributed by atoms with E-state index >= 15 is 0 Å². The number of primary amides is 1. The second kappa shape index (κ2) is 9.64. The van der Waals surface area contributed by atoms with Crippen molar-refractivity contribution in [2.45, 2.75) is 40.0 Å². The van der Waals surface area contributed by atoms with E-state index in [1.54, 1.807) is 18.2 Å². The Labute approximate surface area is 145 Å². The Morgan fingerprint density at radius 2 is 1.88 bits per heavy atom. The van der Waals surface area contributed by atoms with Crippen LogP contribution in [-0.4, -0.2) is 44.1 Å². The van der Waals surface area contributed by atoms with Crippen molar-refractivity contribution < 1.29 is 17.9 Å². The lowest BCUT2D eigenvalue weighted by Crippen LogP contribution is -2.32. The second-order valence-corrected chi connectivity index (χ2v) is 7.62. The molecule has 0 spiro atoms. The largest absolute Gasteiger partial charge is 0.494 e. The van der Waals surface area contributed by atoms with Gasteiger partial charge in [-0.25, -0.2) is 12.7 Å². The number of nitrogens with zero attached hydrogens (tertiary/aromatic N) is 1. The first-order chi connectivity index (χ1) is 11.4. The summed E-state index contributed by atoms with van der Waals surface area (Å²) in [6.07, 6.45) is 1.77. The number of carbonyl (C=O) groups is 1. The first-order valence-electron chi connectivity index (χ1n) is 8.39. The molecule has 136 valence electrons. The quantitative estimate of drug-likeness (QED) is 0.658. The van der Waals surface area contributed by atoms with Gasteiger partial charge < -0.3 is 10.5 Å². The molecule has 1 rings (SSSR count). The van der Waals surface area contributed by atoms with E-state index in [1.165, 1.54) is 4.31 Å². The third-order valence-electron chi connectivity index (χ3n) is 3.76. The van der Waals surface area contributed by atoms with Crippen LogP contribution in [0, 0.1) is 0 Å². The maximum atomic E-state index is 12.2. The molecule has 0 aliphatic heterocycles. The number of rotatable bonds is 11. The van der Waals surface area contributed by atoms with Gasteiger partial charge in [-0.15, -0.1) is 0 Å². The zero-order valence-corrected chi connectivity index (χ0v) is 15.6. The zero-order valence-electron chi connectivity index (χ0n) is 14.7. The van der Waals surface area contributed by atoms with E-state index in [2.05, 4.69) is 0 Å². The van der Waals surface area contributed by atoms with Crippen LogP contribution in [-0.2, 0) is 16.4 Å². The highest BCUT2D eigenvalue weighted by atomic mass is 32.2. The first kappa shape index (κ1) is 20.4. The molecule has 0 saturated carbocycles. The standard InChI is InChI=1S/C17H28N2O4S/c1-4-11-23-15-9-10-16(17(18)20)14(13-15)8-7-12-24(21,22)19(5-2)6-3/h9-10,13H,4-8,11-12H2,1-3H3,(H2,18,20). The molecule has 0 unspecified atom stereocenters. The van der Waals surface area contributed by atoms with Gasteiger partial charge in [-0.2, -0.15) is 0 Å². The molecule has 0 bridgehead atoms. The molecule has 0 aliphatic rings. The Bertz CT molecular complexity index is 640. The zero-order chi connectivity index (χ0) is 18.2. The molecule has 7 heteroatoms. The number of nitrogens with two attached hydrogens (primary N) is 1. The Morgan fingerprint density at radius 3 is 2.42 bits per heavy atom. The van der Waals surface area contributed by atoms with Crippen LogP contribution in [0.1, 0.15) is 49.5 Å². The minimum absolute atomic E-state index is 0.0485. The van der Waals surface area contributed by atoms with Crippen molar-refractivity contribution in [2.24, 2.45) is 5.73 Å². The lowest BCUT2D eigenvalue weighted by molar-refractivity contribution is 0.0999. The number of benzene rings is 1. The Morgan fingerprint density at radius 1 is 1.21 bits per heavy atom. The van der Waals surface area contributed by atoms with Crippen LogP contribution < -0.4 is 10.5 Å². The fourth-order valence-electron chi connectivity index (χ4n) is 2.52. The lowest BCUT2D eigenvalue weighted by atomic mass is 10.0. The summed E-state index contributed by atoms with van der Waals surface area (Å²) in [6, 6.07) is 5.13. The third kappa shape index (κ3) is 5.79. The summed E-state index contributed by atoms with van der Waals surface area (Å²) in [5, 5.41) is 0. The van der Waals surface area contributed by atoms with Gasteiger partial charge in [0.2, 0.25) is 15.9 Å². The minimum Gasteiger partial charge on any atom is -0.494 e. The molecular formula is C17H28N2O4S. The smallest absolute Gasteiger partial charge is 0.248 e. The van der Waals surface area contributed by atoms with E-state index < -0.39 is 15.9 Å². The molecule has 2 N–H and O–H groups in total. The van der Waals surface area contributed by atoms with Crippen molar-refractivity contribution in [1.82, 2.24) is 4.31 Å². The van der Waals surface area contributed by atoms with Crippen molar-refractivity contribution in [3.05, 3.63) is 29.3 Å². The number of amides is 1. The highest BCUT2D eigenvalue weighted by Gasteiger charge is 2.19. The molecule has 0 heterocycles. The van der Waals surface area contributed by atoms with Gasteiger partial charge in [-0.3, -0.25) is 4.79 Å². The van der Waals surface area contributed by atoms with Crippen LogP contribution in [0.25, 0.3) is 0 Å². The molecule has 0 atom stereocenters. The summed E-state index contributed by atoms with van der Waals surface area (Å²) in [5.74, 6) is 0.203. The van der Waals surface area contributed by atoms with Crippen LogP contribution in [0.15, 0.2) is 18.2 Å². The molecule has 1 aromatic carbocycles. The first-order valence-corrected chi connectivity index (χ1v) is 9.99. The van der Waals surface area contributed by atoms with Gasteiger partial charge in [0, 0.05) is 18.7 Å². The summed E-state index contributed by atoms with van der Waals surface area (Å²) in [5.41, 5.74) is 6.55. The van der Waals surface area contributed by atoms with Crippen LogP contribution in [0.5, 0.6) is 5.75 Å². The molecule has 0 radical (unpaired) electrons. The number of carbonyl (C=O) groups excluding carboxylic acids is 1. The predicted octanol–water partition coefficient (Wildman–Crippen LogP) is 2.18. The molecule has 1 aromatic rings. The normalized spacial score (nSPS) is 11.7.